The smallest absolute Gasteiger partial charge is 0.253 e. The molecule has 0 atom stereocenters. The van der Waals surface area contributed by atoms with Gasteiger partial charge >= 0.3 is 0 Å². The first-order chi connectivity index (χ1) is 15.6. The Labute approximate surface area is 191 Å². The van der Waals surface area contributed by atoms with Crippen molar-refractivity contribution in [2.75, 3.05) is 33.3 Å². The Bertz CT molecular complexity index is 1240. The van der Waals surface area contributed by atoms with Crippen LogP contribution in [0.15, 0.2) is 60.8 Å². The topological polar surface area (TPSA) is 50.1 Å². The van der Waals surface area contributed by atoms with Crippen molar-refractivity contribution in [2.24, 2.45) is 0 Å². The van der Waals surface area contributed by atoms with Gasteiger partial charge in [-0.1, -0.05) is 30.3 Å². The number of methoxy groups -OCH3 is 1. The van der Waals surface area contributed by atoms with E-state index in [1.54, 1.807) is 18.4 Å². The molecular weight excluding hydrogens is 420 g/mol. The summed E-state index contributed by atoms with van der Waals surface area (Å²) in [5.74, 6) is 0.941. The number of fused-ring (bicyclic) bond motifs is 1. The van der Waals surface area contributed by atoms with E-state index in [0.29, 0.717) is 0 Å². The molecule has 0 unspecified atom stereocenters. The number of ether oxygens (including phenoxy) is 1. The molecule has 0 bridgehead atoms. The number of piperazine rings is 1. The second-order valence-corrected chi connectivity index (χ2v) is 9.28. The predicted octanol–water partition coefficient (Wildman–Crippen LogP) is 4.34. The molecule has 164 valence electrons. The third-order valence-corrected chi connectivity index (χ3v) is 6.84. The number of carbonyl (C=O) groups is 1. The molecule has 4 aromatic rings. The maximum Gasteiger partial charge on any atom is 0.253 e. The molecule has 2 aromatic carbocycles. The largest absolute Gasteiger partial charge is 0.497 e. The van der Waals surface area contributed by atoms with Crippen LogP contribution in [0.2, 0.25) is 0 Å². The lowest BCUT2D eigenvalue weighted by Gasteiger charge is -2.34. The fourth-order valence-electron chi connectivity index (χ4n) is 4.24. The number of amides is 1. The second-order valence-electron chi connectivity index (χ2n) is 8.07. The lowest BCUT2D eigenvalue weighted by atomic mass is 10.1. The van der Waals surface area contributed by atoms with E-state index in [-0.39, 0.29) is 5.91 Å². The van der Waals surface area contributed by atoms with Crippen molar-refractivity contribution < 1.29 is 9.53 Å². The van der Waals surface area contributed by atoms with Gasteiger partial charge in [0.1, 0.15) is 5.75 Å². The van der Waals surface area contributed by atoms with Crippen LogP contribution in [0, 0.1) is 6.92 Å². The number of benzene rings is 2. The molecule has 3 heterocycles. The van der Waals surface area contributed by atoms with E-state index in [0.717, 1.165) is 60.3 Å². The van der Waals surface area contributed by atoms with Crippen molar-refractivity contribution in [1.82, 2.24) is 19.2 Å². The Balaban J connectivity index is 1.37. The van der Waals surface area contributed by atoms with Gasteiger partial charge in [-0.25, -0.2) is 4.98 Å². The molecule has 0 saturated carbocycles. The standard InChI is InChI=1S/C25H26N4O2S/c1-18-16-29-22(23(26-25(29)32-18)20-9-6-10-21(15-20)31-2)17-27-11-13-28(14-12-27)24(30)19-7-4-3-5-8-19/h3-10,15-16H,11-14,17H2,1-2H3. The normalized spacial score (nSPS) is 14.8. The lowest BCUT2D eigenvalue weighted by molar-refractivity contribution is 0.0627. The highest BCUT2D eigenvalue weighted by atomic mass is 32.1. The van der Waals surface area contributed by atoms with Gasteiger partial charge in [0.05, 0.1) is 18.5 Å². The van der Waals surface area contributed by atoms with E-state index in [2.05, 4.69) is 28.5 Å². The number of thiazole rings is 1. The van der Waals surface area contributed by atoms with Gasteiger partial charge in [-0.05, 0) is 31.2 Å². The van der Waals surface area contributed by atoms with Crippen LogP contribution in [0.3, 0.4) is 0 Å². The van der Waals surface area contributed by atoms with Gasteiger partial charge in [0.2, 0.25) is 0 Å². The van der Waals surface area contributed by atoms with Crippen molar-refractivity contribution in [3.8, 4) is 17.0 Å². The first kappa shape index (κ1) is 20.7. The molecule has 1 fully saturated rings. The van der Waals surface area contributed by atoms with E-state index in [1.165, 1.54) is 10.6 Å². The molecule has 0 radical (unpaired) electrons. The third kappa shape index (κ3) is 4.01. The first-order valence-corrected chi connectivity index (χ1v) is 11.6. The summed E-state index contributed by atoms with van der Waals surface area (Å²) in [6.07, 6.45) is 2.17. The molecular formula is C25H26N4O2S. The average Bonchev–Trinajstić information content (AvgIpc) is 3.36. The zero-order valence-electron chi connectivity index (χ0n) is 18.3. The summed E-state index contributed by atoms with van der Waals surface area (Å²) in [6.45, 7) is 6.04. The minimum absolute atomic E-state index is 0.113. The minimum atomic E-state index is 0.113. The molecule has 1 aliphatic rings. The Morgan fingerprint density at radius 1 is 1.06 bits per heavy atom. The van der Waals surface area contributed by atoms with Crippen molar-refractivity contribution in [3.05, 3.63) is 76.9 Å². The van der Waals surface area contributed by atoms with Crippen LogP contribution >= 0.6 is 11.3 Å². The molecule has 5 rings (SSSR count). The van der Waals surface area contributed by atoms with Crippen molar-refractivity contribution in [3.63, 3.8) is 0 Å². The molecule has 0 aliphatic carbocycles. The van der Waals surface area contributed by atoms with E-state index in [1.807, 2.05) is 53.4 Å². The van der Waals surface area contributed by atoms with Crippen LogP contribution in [0.5, 0.6) is 5.75 Å². The van der Waals surface area contributed by atoms with Crippen LogP contribution in [0.1, 0.15) is 20.9 Å². The maximum atomic E-state index is 12.8. The molecule has 0 spiro atoms. The SMILES string of the molecule is COc1cccc(-c2nc3sc(C)cn3c2CN2CCN(C(=O)c3ccccc3)CC2)c1. The highest BCUT2D eigenvalue weighted by Crippen LogP contribution is 2.31. The predicted molar refractivity (Wildman–Crippen MR) is 127 cm³/mol. The molecule has 7 heteroatoms. The average molecular weight is 447 g/mol. The Kier molecular flexibility index (Phi) is 5.68. The van der Waals surface area contributed by atoms with Crippen molar-refractivity contribution >= 4 is 22.2 Å². The number of rotatable bonds is 5. The summed E-state index contributed by atoms with van der Waals surface area (Å²) in [7, 11) is 1.69. The molecule has 0 N–H and O–H groups in total. The van der Waals surface area contributed by atoms with Crippen LogP contribution < -0.4 is 4.74 Å². The summed E-state index contributed by atoms with van der Waals surface area (Å²) in [4.78, 5) is 24.4. The highest BCUT2D eigenvalue weighted by molar-refractivity contribution is 7.17. The number of aryl methyl sites for hydroxylation is 1. The monoisotopic (exact) mass is 446 g/mol. The van der Waals surface area contributed by atoms with Gasteiger partial charge in [-0.2, -0.15) is 0 Å². The summed E-state index contributed by atoms with van der Waals surface area (Å²) < 4.78 is 7.65. The summed E-state index contributed by atoms with van der Waals surface area (Å²) in [6, 6.07) is 17.6. The first-order valence-electron chi connectivity index (χ1n) is 10.8. The third-order valence-electron chi connectivity index (χ3n) is 5.94. The van der Waals surface area contributed by atoms with Gasteiger partial charge in [0.25, 0.3) is 5.91 Å². The summed E-state index contributed by atoms with van der Waals surface area (Å²) in [5, 5.41) is 0. The van der Waals surface area contributed by atoms with Gasteiger partial charge in [-0.15, -0.1) is 11.3 Å². The fraction of sp³-hybridized carbons (Fsp3) is 0.280. The Morgan fingerprint density at radius 2 is 1.84 bits per heavy atom. The molecule has 1 saturated heterocycles. The van der Waals surface area contributed by atoms with Gasteiger partial charge in [-0.3, -0.25) is 14.1 Å². The van der Waals surface area contributed by atoms with E-state index >= 15 is 0 Å². The maximum absolute atomic E-state index is 12.8. The number of aromatic nitrogens is 2. The summed E-state index contributed by atoms with van der Waals surface area (Å²) >= 11 is 1.70. The molecule has 6 nitrogen and oxygen atoms in total. The van der Waals surface area contributed by atoms with Crippen molar-refractivity contribution in [2.45, 2.75) is 13.5 Å². The molecule has 2 aromatic heterocycles. The van der Waals surface area contributed by atoms with Gasteiger partial charge < -0.3 is 9.64 Å². The van der Waals surface area contributed by atoms with E-state index in [4.69, 9.17) is 9.72 Å². The quantitative estimate of drug-likeness (QED) is 0.458. The number of carbonyl (C=O) groups excluding carboxylic acids is 1. The van der Waals surface area contributed by atoms with Crippen LogP contribution in [0.25, 0.3) is 16.2 Å². The highest BCUT2D eigenvalue weighted by Gasteiger charge is 2.25. The Morgan fingerprint density at radius 3 is 2.59 bits per heavy atom. The number of hydrogen-bond donors (Lipinski definition) is 0. The van der Waals surface area contributed by atoms with Crippen LogP contribution in [-0.4, -0.2) is 58.4 Å². The lowest BCUT2D eigenvalue weighted by Crippen LogP contribution is -2.48. The number of imidazole rings is 1. The summed E-state index contributed by atoms with van der Waals surface area (Å²) in [5.41, 5.74) is 4.00. The fourth-order valence-corrected chi connectivity index (χ4v) is 5.08. The van der Waals surface area contributed by atoms with Crippen molar-refractivity contribution in [1.29, 1.82) is 0 Å². The number of hydrogen-bond acceptors (Lipinski definition) is 5. The molecule has 1 amide bonds. The van der Waals surface area contributed by atoms with Crippen LogP contribution in [-0.2, 0) is 6.54 Å². The second kappa shape index (κ2) is 8.76. The van der Waals surface area contributed by atoms with E-state index in [9.17, 15) is 4.79 Å². The zero-order valence-corrected chi connectivity index (χ0v) is 19.1. The van der Waals surface area contributed by atoms with Gasteiger partial charge in [0.15, 0.2) is 4.96 Å². The van der Waals surface area contributed by atoms with Crippen LogP contribution in [0.4, 0.5) is 0 Å². The minimum Gasteiger partial charge on any atom is -0.497 e. The van der Waals surface area contributed by atoms with E-state index < -0.39 is 0 Å². The molecule has 32 heavy (non-hydrogen) atoms. The van der Waals surface area contributed by atoms with Gasteiger partial charge in [0, 0.05) is 54.9 Å². The number of nitrogens with zero attached hydrogens (tertiary/aromatic N) is 4. The Hall–Kier alpha value is -3.16. The molecule has 1 aliphatic heterocycles. The zero-order chi connectivity index (χ0) is 22.1.